The van der Waals surface area contributed by atoms with Crippen LogP contribution in [0.2, 0.25) is 0 Å². The number of carbonyl (C=O) groups is 1. The Bertz CT molecular complexity index is 866. The van der Waals surface area contributed by atoms with Crippen LogP contribution in [0.1, 0.15) is 35.3 Å². The predicted molar refractivity (Wildman–Crippen MR) is 94.2 cm³/mol. The summed E-state index contributed by atoms with van der Waals surface area (Å²) in [7, 11) is 0. The van der Waals surface area contributed by atoms with Crippen molar-refractivity contribution in [1.29, 1.82) is 0 Å². The minimum atomic E-state index is -0.524. The zero-order valence-corrected chi connectivity index (χ0v) is 13.4. The number of aromatic nitrogens is 2. The van der Waals surface area contributed by atoms with Gasteiger partial charge in [0.15, 0.2) is 5.82 Å². The van der Waals surface area contributed by atoms with Crippen molar-refractivity contribution in [2.24, 2.45) is 11.6 Å². The molecule has 0 aliphatic rings. The van der Waals surface area contributed by atoms with Gasteiger partial charge in [-0.05, 0) is 24.1 Å². The summed E-state index contributed by atoms with van der Waals surface area (Å²) in [6.07, 6.45) is 2.21. The number of para-hydroxylation sites is 1. The van der Waals surface area contributed by atoms with E-state index in [4.69, 9.17) is 11.6 Å². The van der Waals surface area contributed by atoms with Gasteiger partial charge in [0.1, 0.15) is 6.33 Å². The van der Waals surface area contributed by atoms with Gasteiger partial charge in [0, 0.05) is 5.39 Å². The van der Waals surface area contributed by atoms with Gasteiger partial charge in [0.25, 0.3) is 5.91 Å². The molecule has 0 radical (unpaired) electrons. The van der Waals surface area contributed by atoms with Gasteiger partial charge in [-0.15, -0.1) is 0 Å². The molecule has 2 aromatic carbocycles. The first-order valence-electron chi connectivity index (χ1n) is 7.76. The van der Waals surface area contributed by atoms with Gasteiger partial charge in [-0.1, -0.05) is 43.3 Å². The van der Waals surface area contributed by atoms with Crippen molar-refractivity contribution in [3.05, 3.63) is 66.0 Å². The second-order valence-electron chi connectivity index (χ2n) is 5.51. The summed E-state index contributed by atoms with van der Waals surface area (Å²) >= 11 is 0. The van der Waals surface area contributed by atoms with Gasteiger partial charge >= 0.3 is 0 Å². The summed E-state index contributed by atoms with van der Waals surface area (Å²) in [4.78, 5) is 20.2. The van der Waals surface area contributed by atoms with Crippen LogP contribution in [0.5, 0.6) is 0 Å². The van der Waals surface area contributed by atoms with Crippen LogP contribution in [0.15, 0.2) is 54.9 Å². The second-order valence-corrected chi connectivity index (χ2v) is 5.51. The first-order valence-corrected chi connectivity index (χ1v) is 7.76. The lowest BCUT2D eigenvalue weighted by molar-refractivity contribution is 0.100. The molecule has 4 N–H and O–H groups in total. The number of benzene rings is 2. The highest BCUT2D eigenvalue weighted by Crippen LogP contribution is 2.30. The number of carbonyl (C=O) groups excluding carboxylic acids is 1. The number of hydrogen-bond donors (Lipinski definition) is 2. The van der Waals surface area contributed by atoms with E-state index in [0.717, 1.165) is 12.0 Å². The molecule has 0 unspecified atom stereocenters. The highest BCUT2D eigenvalue weighted by atomic mass is 16.1. The summed E-state index contributed by atoms with van der Waals surface area (Å²) in [5, 5.41) is 2.33. The van der Waals surface area contributed by atoms with Crippen LogP contribution in [0.4, 0.5) is 5.82 Å². The Kier molecular flexibility index (Phi) is 4.39. The summed E-state index contributed by atoms with van der Waals surface area (Å²) in [6.45, 7) is 2.07. The number of hydrogen-bond acceptors (Lipinski definition) is 5. The van der Waals surface area contributed by atoms with E-state index in [1.54, 1.807) is 17.1 Å². The molecule has 122 valence electrons. The SMILES string of the molecule is CC[C@H](c1ccccc1)N(N)c1ncnc2c(C(N)=O)cccc12. The Hall–Kier alpha value is -2.99. The first kappa shape index (κ1) is 15.9. The monoisotopic (exact) mass is 321 g/mol. The minimum Gasteiger partial charge on any atom is -0.366 e. The zero-order valence-electron chi connectivity index (χ0n) is 13.4. The molecule has 24 heavy (non-hydrogen) atoms. The van der Waals surface area contributed by atoms with E-state index >= 15 is 0 Å². The Morgan fingerprint density at radius 1 is 1.12 bits per heavy atom. The Morgan fingerprint density at radius 2 is 1.88 bits per heavy atom. The van der Waals surface area contributed by atoms with E-state index in [1.165, 1.54) is 6.33 Å². The molecule has 6 heteroatoms. The molecule has 1 aromatic heterocycles. The van der Waals surface area contributed by atoms with Crippen LogP contribution < -0.4 is 16.6 Å². The molecule has 0 saturated heterocycles. The van der Waals surface area contributed by atoms with E-state index in [0.29, 0.717) is 22.3 Å². The molecule has 0 fully saturated rings. The Labute approximate surface area is 140 Å². The highest BCUT2D eigenvalue weighted by molar-refractivity contribution is 6.06. The normalized spacial score (nSPS) is 12.1. The fraction of sp³-hybridized carbons (Fsp3) is 0.167. The third-order valence-corrected chi connectivity index (χ3v) is 4.06. The number of amides is 1. The van der Waals surface area contributed by atoms with Gasteiger partial charge in [0.05, 0.1) is 17.1 Å². The molecular weight excluding hydrogens is 302 g/mol. The molecule has 0 bridgehead atoms. The molecule has 0 aliphatic carbocycles. The van der Waals surface area contributed by atoms with Gasteiger partial charge < -0.3 is 5.73 Å². The number of fused-ring (bicyclic) bond motifs is 1. The molecule has 1 heterocycles. The fourth-order valence-electron chi connectivity index (χ4n) is 2.89. The van der Waals surface area contributed by atoms with E-state index < -0.39 is 5.91 Å². The molecule has 3 aromatic rings. The van der Waals surface area contributed by atoms with Gasteiger partial charge in [-0.25, -0.2) is 15.8 Å². The summed E-state index contributed by atoms with van der Waals surface area (Å²) < 4.78 is 0. The van der Waals surface area contributed by atoms with E-state index in [2.05, 4.69) is 16.9 Å². The number of primary amides is 1. The summed E-state index contributed by atoms with van der Waals surface area (Å²) in [6, 6.07) is 15.2. The average Bonchev–Trinajstić information content (AvgIpc) is 2.62. The number of anilines is 1. The van der Waals surface area contributed by atoms with Crippen molar-refractivity contribution in [2.75, 3.05) is 5.01 Å². The smallest absolute Gasteiger partial charge is 0.250 e. The lowest BCUT2D eigenvalue weighted by Gasteiger charge is -2.28. The van der Waals surface area contributed by atoms with Crippen LogP contribution in [-0.4, -0.2) is 15.9 Å². The van der Waals surface area contributed by atoms with Crippen LogP contribution in [0, 0.1) is 0 Å². The maximum atomic E-state index is 11.6. The molecule has 0 aliphatic heterocycles. The minimum absolute atomic E-state index is 0.0402. The quantitative estimate of drug-likeness (QED) is 0.556. The Morgan fingerprint density at radius 3 is 2.54 bits per heavy atom. The lowest BCUT2D eigenvalue weighted by atomic mass is 10.0. The zero-order chi connectivity index (χ0) is 17.1. The van der Waals surface area contributed by atoms with E-state index in [-0.39, 0.29) is 6.04 Å². The molecule has 6 nitrogen and oxygen atoms in total. The van der Waals surface area contributed by atoms with Crippen LogP contribution >= 0.6 is 0 Å². The van der Waals surface area contributed by atoms with Gasteiger partial charge in [-0.3, -0.25) is 9.80 Å². The standard InChI is InChI=1S/C18H19N5O/c1-2-15(12-7-4-3-5-8-12)23(20)18-14-10-6-9-13(17(19)24)16(14)21-11-22-18/h3-11,15H,2,20H2,1H3,(H2,19,24)/t15-/m1/s1. The van der Waals surface area contributed by atoms with Gasteiger partial charge in [-0.2, -0.15) is 0 Å². The average molecular weight is 321 g/mol. The van der Waals surface area contributed by atoms with Crippen LogP contribution in [0.25, 0.3) is 10.9 Å². The summed E-state index contributed by atoms with van der Waals surface area (Å²) in [5.41, 5.74) is 7.40. The maximum absolute atomic E-state index is 11.6. The number of nitrogens with zero attached hydrogens (tertiary/aromatic N) is 3. The van der Waals surface area contributed by atoms with Crippen LogP contribution in [-0.2, 0) is 0 Å². The first-order chi connectivity index (χ1) is 11.6. The number of nitrogens with two attached hydrogens (primary N) is 2. The number of rotatable bonds is 5. The number of hydrazine groups is 1. The highest BCUT2D eigenvalue weighted by Gasteiger charge is 2.20. The van der Waals surface area contributed by atoms with E-state index in [9.17, 15) is 4.79 Å². The molecule has 3 rings (SSSR count). The van der Waals surface area contributed by atoms with Crippen molar-refractivity contribution < 1.29 is 4.79 Å². The third-order valence-electron chi connectivity index (χ3n) is 4.06. The topological polar surface area (TPSA) is 98.1 Å². The lowest BCUT2D eigenvalue weighted by Crippen LogP contribution is -2.36. The molecular formula is C18H19N5O. The molecule has 0 saturated carbocycles. The van der Waals surface area contributed by atoms with Crippen LogP contribution in [0.3, 0.4) is 0 Å². The van der Waals surface area contributed by atoms with Crippen molar-refractivity contribution in [2.45, 2.75) is 19.4 Å². The summed E-state index contributed by atoms with van der Waals surface area (Å²) in [5.74, 6) is 6.45. The molecule has 1 amide bonds. The molecule has 1 atom stereocenters. The van der Waals surface area contributed by atoms with E-state index in [1.807, 2.05) is 36.4 Å². The van der Waals surface area contributed by atoms with Crippen molar-refractivity contribution >= 4 is 22.6 Å². The molecule has 0 spiro atoms. The third kappa shape index (κ3) is 2.79. The van der Waals surface area contributed by atoms with Crippen molar-refractivity contribution in [1.82, 2.24) is 9.97 Å². The van der Waals surface area contributed by atoms with Crippen molar-refractivity contribution in [3.8, 4) is 0 Å². The van der Waals surface area contributed by atoms with Gasteiger partial charge in [0.2, 0.25) is 0 Å². The maximum Gasteiger partial charge on any atom is 0.250 e. The van der Waals surface area contributed by atoms with Crippen molar-refractivity contribution in [3.63, 3.8) is 0 Å². The Balaban J connectivity index is 2.11. The second kappa shape index (κ2) is 6.64. The fourth-order valence-corrected chi connectivity index (χ4v) is 2.89. The largest absolute Gasteiger partial charge is 0.366 e. The predicted octanol–water partition coefficient (Wildman–Crippen LogP) is 2.56.